The Hall–Kier alpha value is -0.463. The van der Waals surface area contributed by atoms with Gasteiger partial charge in [-0.25, -0.2) is 0 Å². The quantitative estimate of drug-likeness (QED) is 0.197. The van der Waals surface area contributed by atoms with Crippen LogP contribution in [-0.4, -0.2) is 18.5 Å². The Labute approximate surface area is 66.9 Å². The van der Waals surface area contributed by atoms with E-state index in [0.717, 1.165) is 0 Å². The molecule has 0 aliphatic heterocycles. The van der Waals surface area contributed by atoms with Gasteiger partial charge in [0.05, 0.1) is 0 Å². The number of hydrogen-bond donors (Lipinski definition) is 1. The zero-order valence-electron chi connectivity index (χ0n) is 6.27. The third-order valence-corrected chi connectivity index (χ3v) is 1.67. The summed E-state index contributed by atoms with van der Waals surface area (Å²) in [6.07, 6.45) is 0. The summed E-state index contributed by atoms with van der Waals surface area (Å²) in [5.74, 6) is 2.55. The minimum Gasteiger partial charge on any atom is -0.409 e. The monoisotopic (exact) mass is 175 g/mol. The van der Waals surface area contributed by atoms with Crippen molar-refractivity contribution in [1.29, 1.82) is 0 Å². The predicted molar refractivity (Wildman–Crippen MR) is 46.2 cm³/mol. The highest BCUT2D eigenvalue weighted by molar-refractivity contribution is 6.84. The minimum absolute atomic E-state index is 0.0394. The van der Waals surface area contributed by atoms with Crippen molar-refractivity contribution in [3.05, 3.63) is 0 Å². The molecule has 1 N–H and O–H groups in total. The van der Waals surface area contributed by atoms with Crippen LogP contribution in [0, 0.1) is 11.5 Å². The topological polar surface area (TPSA) is 32.6 Å². The van der Waals surface area contributed by atoms with Gasteiger partial charge >= 0.3 is 0 Å². The van der Waals surface area contributed by atoms with Crippen LogP contribution in [-0.2, 0) is 0 Å². The largest absolute Gasteiger partial charge is 0.409 e. The zero-order valence-corrected chi connectivity index (χ0v) is 8.03. The molecule has 0 radical (unpaired) electrons. The molecule has 0 atom stereocenters. The molecular formula is C6H10ClNOSi. The fourth-order valence-electron chi connectivity index (χ4n) is 0.264. The molecule has 0 heterocycles. The molecule has 2 nitrogen and oxygen atoms in total. The molecule has 0 saturated heterocycles. The van der Waals surface area contributed by atoms with Crippen LogP contribution in [0.25, 0.3) is 0 Å². The van der Waals surface area contributed by atoms with Gasteiger partial charge in [-0.1, -0.05) is 24.8 Å². The summed E-state index contributed by atoms with van der Waals surface area (Å²) in [4.78, 5) is 0. The second-order valence-electron chi connectivity index (χ2n) is 2.89. The third-order valence-electron chi connectivity index (χ3n) is 0.628. The van der Waals surface area contributed by atoms with E-state index in [1.165, 1.54) is 0 Å². The summed E-state index contributed by atoms with van der Waals surface area (Å²) in [6, 6.07) is 0. The maximum Gasteiger partial charge on any atom is 0.218 e. The summed E-state index contributed by atoms with van der Waals surface area (Å²) < 4.78 is 0. The Balaban J connectivity index is 4.19. The normalized spacial score (nSPS) is 12.2. The first-order valence-corrected chi connectivity index (χ1v) is 6.74. The summed E-state index contributed by atoms with van der Waals surface area (Å²) in [6.45, 7) is 6.25. The Kier molecular flexibility index (Phi) is 3.47. The van der Waals surface area contributed by atoms with E-state index in [0.29, 0.717) is 0 Å². The number of rotatable bonds is 0. The van der Waals surface area contributed by atoms with E-state index in [1.807, 2.05) is 0 Å². The summed E-state index contributed by atoms with van der Waals surface area (Å²) in [5, 5.41) is 10.8. The molecule has 0 saturated carbocycles. The van der Waals surface area contributed by atoms with Crippen LogP contribution in [0.15, 0.2) is 5.16 Å². The van der Waals surface area contributed by atoms with Crippen molar-refractivity contribution in [3.8, 4) is 11.5 Å². The van der Waals surface area contributed by atoms with Crippen LogP contribution in [0.3, 0.4) is 0 Å². The molecule has 0 bridgehead atoms. The molecule has 0 fully saturated rings. The molecule has 0 aliphatic rings. The lowest BCUT2D eigenvalue weighted by Crippen LogP contribution is -2.16. The number of halogens is 1. The summed E-state index contributed by atoms with van der Waals surface area (Å²) in [7, 11) is -1.37. The molecule has 0 spiro atoms. The number of hydrogen-bond acceptors (Lipinski definition) is 2. The van der Waals surface area contributed by atoms with Crippen LogP contribution in [0.5, 0.6) is 0 Å². The van der Waals surface area contributed by atoms with E-state index < -0.39 is 8.07 Å². The molecule has 0 amide bonds. The van der Waals surface area contributed by atoms with E-state index in [4.69, 9.17) is 16.8 Å². The molecule has 56 valence electrons. The van der Waals surface area contributed by atoms with Crippen molar-refractivity contribution >= 4 is 24.8 Å². The molecule has 4 heteroatoms. The maximum absolute atomic E-state index is 8.10. The van der Waals surface area contributed by atoms with Gasteiger partial charge in [-0.2, -0.15) is 0 Å². The molecule has 0 rings (SSSR count). The first kappa shape index (κ1) is 9.54. The molecule has 0 unspecified atom stereocenters. The standard InChI is InChI=1S/C6H10ClNOSi/c1-10(2,3)5-4-6(7)8-9/h9H,1-3H3/b8-6-. The van der Waals surface area contributed by atoms with Gasteiger partial charge in [0.2, 0.25) is 5.17 Å². The average molecular weight is 176 g/mol. The summed E-state index contributed by atoms with van der Waals surface area (Å²) in [5.41, 5.74) is 2.94. The van der Waals surface area contributed by atoms with Crippen molar-refractivity contribution in [3.63, 3.8) is 0 Å². The van der Waals surface area contributed by atoms with E-state index in [1.54, 1.807) is 0 Å². The third kappa shape index (κ3) is 5.67. The van der Waals surface area contributed by atoms with Gasteiger partial charge in [0, 0.05) is 0 Å². The second-order valence-corrected chi connectivity index (χ2v) is 8.00. The van der Waals surface area contributed by atoms with Crippen molar-refractivity contribution in [2.75, 3.05) is 0 Å². The van der Waals surface area contributed by atoms with Crippen LogP contribution >= 0.6 is 11.6 Å². The lowest BCUT2D eigenvalue weighted by atomic mass is 10.8. The SMILES string of the molecule is C[Si](C)(C)C#C/C(Cl)=N/O. The van der Waals surface area contributed by atoms with Gasteiger partial charge in [0.25, 0.3) is 0 Å². The zero-order chi connectivity index (χ0) is 8.20. The van der Waals surface area contributed by atoms with Gasteiger partial charge in [0.1, 0.15) is 8.07 Å². The second kappa shape index (κ2) is 3.64. The Morgan fingerprint density at radius 3 is 2.30 bits per heavy atom. The van der Waals surface area contributed by atoms with Gasteiger partial charge in [-0.3, -0.25) is 0 Å². The predicted octanol–water partition coefficient (Wildman–Crippen LogP) is 1.89. The number of oxime groups is 1. The van der Waals surface area contributed by atoms with Crippen LogP contribution in [0.2, 0.25) is 19.6 Å². The smallest absolute Gasteiger partial charge is 0.218 e. The van der Waals surface area contributed by atoms with Crippen LogP contribution in [0.1, 0.15) is 0 Å². The first-order chi connectivity index (χ1) is 4.45. The first-order valence-electron chi connectivity index (χ1n) is 2.86. The van der Waals surface area contributed by atoms with E-state index >= 15 is 0 Å². The highest BCUT2D eigenvalue weighted by atomic mass is 35.5. The molecule has 0 aromatic carbocycles. The fraction of sp³-hybridized carbons (Fsp3) is 0.500. The van der Waals surface area contributed by atoms with Crippen molar-refractivity contribution in [2.24, 2.45) is 5.16 Å². The number of nitrogens with zero attached hydrogens (tertiary/aromatic N) is 1. The maximum atomic E-state index is 8.10. The van der Waals surface area contributed by atoms with Gasteiger partial charge < -0.3 is 5.21 Å². The lowest BCUT2D eigenvalue weighted by Gasteiger charge is -2.02. The van der Waals surface area contributed by atoms with Crippen LogP contribution < -0.4 is 0 Å². The van der Waals surface area contributed by atoms with Crippen molar-refractivity contribution in [2.45, 2.75) is 19.6 Å². The Bertz CT molecular complexity index is 196. The lowest BCUT2D eigenvalue weighted by molar-refractivity contribution is 0.321. The van der Waals surface area contributed by atoms with E-state index in [2.05, 4.69) is 36.3 Å². The Morgan fingerprint density at radius 1 is 1.50 bits per heavy atom. The molecule has 0 aromatic rings. The fourth-order valence-corrected chi connectivity index (χ4v) is 0.884. The van der Waals surface area contributed by atoms with Crippen LogP contribution in [0.4, 0.5) is 0 Å². The van der Waals surface area contributed by atoms with Gasteiger partial charge in [-0.15, -0.1) is 5.54 Å². The van der Waals surface area contributed by atoms with E-state index in [9.17, 15) is 0 Å². The molecule has 10 heavy (non-hydrogen) atoms. The molecule has 0 aromatic heterocycles. The highest BCUT2D eigenvalue weighted by Crippen LogP contribution is 1.96. The Morgan fingerprint density at radius 2 is 2.00 bits per heavy atom. The van der Waals surface area contributed by atoms with Gasteiger partial charge in [0.15, 0.2) is 0 Å². The highest BCUT2D eigenvalue weighted by Gasteiger charge is 2.07. The van der Waals surface area contributed by atoms with E-state index in [-0.39, 0.29) is 5.17 Å². The van der Waals surface area contributed by atoms with Crippen molar-refractivity contribution < 1.29 is 5.21 Å². The van der Waals surface area contributed by atoms with Crippen molar-refractivity contribution in [1.82, 2.24) is 0 Å². The van der Waals surface area contributed by atoms with Gasteiger partial charge in [-0.05, 0) is 17.5 Å². The molecular weight excluding hydrogens is 166 g/mol. The molecule has 0 aliphatic carbocycles. The minimum atomic E-state index is -1.37. The average Bonchev–Trinajstić information content (AvgIpc) is 1.81. The summed E-state index contributed by atoms with van der Waals surface area (Å²) >= 11 is 5.32.